The quantitative estimate of drug-likeness (QED) is 0.518. The SMILES string of the molecule is CO[C]1CCCN1. The van der Waals surface area contributed by atoms with Crippen LogP contribution in [0.5, 0.6) is 0 Å². The molecule has 0 unspecified atom stereocenters. The summed E-state index contributed by atoms with van der Waals surface area (Å²) in [7, 11) is 1.70. The summed E-state index contributed by atoms with van der Waals surface area (Å²) in [6.45, 7) is 1.09. The molecule has 1 aliphatic rings. The van der Waals surface area contributed by atoms with Crippen molar-refractivity contribution in [2.75, 3.05) is 13.7 Å². The van der Waals surface area contributed by atoms with Crippen molar-refractivity contribution in [3.63, 3.8) is 0 Å². The van der Waals surface area contributed by atoms with E-state index in [2.05, 4.69) is 5.32 Å². The third kappa shape index (κ3) is 1.14. The van der Waals surface area contributed by atoms with Gasteiger partial charge in [0.25, 0.3) is 0 Å². The number of hydrogen-bond donors (Lipinski definition) is 1. The second-order valence-electron chi connectivity index (χ2n) is 1.66. The molecule has 0 bridgehead atoms. The van der Waals surface area contributed by atoms with Crippen LogP contribution in [0.4, 0.5) is 0 Å². The largest absolute Gasteiger partial charge is 0.359 e. The number of rotatable bonds is 1. The molecule has 1 rings (SSSR count). The highest BCUT2D eigenvalue weighted by molar-refractivity contribution is 4.80. The van der Waals surface area contributed by atoms with Gasteiger partial charge in [0.1, 0.15) is 0 Å². The molecule has 7 heavy (non-hydrogen) atoms. The maximum Gasteiger partial charge on any atom is 0.161 e. The van der Waals surface area contributed by atoms with E-state index < -0.39 is 0 Å². The van der Waals surface area contributed by atoms with Gasteiger partial charge in [-0.1, -0.05) is 0 Å². The average Bonchev–Trinajstić information content (AvgIpc) is 2.14. The Labute approximate surface area is 43.9 Å². The summed E-state index contributed by atoms with van der Waals surface area (Å²) in [5.41, 5.74) is 0. The van der Waals surface area contributed by atoms with Crippen molar-refractivity contribution >= 4 is 0 Å². The van der Waals surface area contributed by atoms with Gasteiger partial charge in [0.15, 0.2) is 6.23 Å². The zero-order valence-electron chi connectivity index (χ0n) is 4.53. The Kier molecular flexibility index (Phi) is 1.65. The summed E-state index contributed by atoms with van der Waals surface area (Å²) >= 11 is 0. The molecular formula is C5H10NO. The van der Waals surface area contributed by atoms with Gasteiger partial charge in [-0.25, -0.2) is 0 Å². The molecule has 0 atom stereocenters. The van der Waals surface area contributed by atoms with Crippen molar-refractivity contribution in [2.45, 2.75) is 12.8 Å². The van der Waals surface area contributed by atoms with E-state index in [1.807, 2.05) is 0 Å². The molecule has 0 spiro atoms. The average molecular weight is 100 g/mol. The fourth-order valence-corrected chi connectivity index (χ4v) is 0.739. The normalized spacial score (nSPS) is 23.6. The standard InChI is InChI=1S/C5H10NO/c1-7-5-3-2-4-6-5/h6H,2-4H2,1H3. The Balaban J connectivity index is 2.14. The van der Waals surface area contributed by atoms with Crippen molar-refractivity contribution < 1.29 is 4.74 Å². The van der Waals surface area contributed by atoms with Gasteiger partial charge in [-0.3, -0.25) is 5.32 Å². The molecule has 1 fully saturated rings. The van der Waals surface area contributed by atoms with Crippen LogP contribution in [-0.4, -0.2) is 13.7 Å². The fraction of sp³-hybridized carbons (Fsp3) is 0.800. The summed E-state index contributed by atoms with van der Waals surface area (Å²) in [6.07, 6.45) is 3.36. The molecule has 0 aromatic heterocycles. The molecular weight excluding hydrogens is 90.1 g/mol. The van der Waals surface area contributed by atoms with Crippen LogP contribution in [0.25, 0.3) is 0 Å². The molecule has 1 heterocycles. The third-order valence-electron chi connectivity index (χ3n) is 1.15. The maximum absolute atomic E-state index is 4.92. The lowest BCUT2D eigenvalue weighted by Gasteiger charge is -2.01. The van der Waals surface area contributed by atoms with Crippen LogP contribution < -0.4 is 5.32 Å². The smallest absolute Gasteiger partial charge is 0.161 e. The lowest BCUT2D eigenvalue weighted by atomic mass is 10.4. The van der Waals surface area contributed by atoms with Crippen molar-refractivity contribution in [1.82, 2.24) is 5.32 Å². The summed E-state index contributed by atoms with van der Waals surface area (Å²) in [6, 6.07) is 0. The minimum Gasteiger partial charge on any atom is -0.359 e. The van der Waals surface area contributed by atoms with Crippen molar-refractivity contribution in [3.05, 3.63) is 6.23 Å². The van der Waals surface area contributed by atoms with Gasteiger partial charge in [0.05, 0.1) is 0 Å². The Bertz CT molecular complexity index is 50.0. The van der Waals surface area contributed by atoms with E-state index in [1.54, 1.807) is 7.11 Å². The molecule has 0 aromatic carbocycles. The van der Waals surface area contributed by atoms with Crippen molar-refractivity contribution in [2.24, 2.45) is 0 Å². The van der Waals surface area contributed by atoms with Crippen molar-refractivity contribution in [1.29, 1.82) is 0 Å². The first kappa shape index (κ1) is 5.06. The highest BCUT2D eigenvalue weighted by Crippen LogP contribution is 2.11. The van der Waals surface area contributed by atoms with Crippen molar-refractivity contribution in [3.8, 4) is 0 Å². The van der Waals surface area contributed by atoms with Gasteiger partial charge in [-0.15, -0.1) is 0 Å². The van der Waals surface area contributed by atoms with E-state index in [1.165, 1.54) is 6.42 Å². The molecule has 0 aliphatic carbocycles. The highest BCUT2D eigenvalue weighted by atomic mass is 16.5. The highest BCUT2D eigenvalue weighted by Gasteiger charge is 2.12. The first-order valence-electron chi connectivity index (χ1n) is 2.57. The number of nitrogens with one attached hydrogen (secondary N) is 1. The van der Waals surface area contributed by atoms with Gasteiger partial charge in [-0.05, 0) is 19.4 Å². The van der Waals surface area contributed by atoms with Crippen LogP contribution in [0.2, 0.25) is 0 Å². The van der Waals surface area contributed by atoms with E-state index >= 15 is 0 Å². The summed E-state index contributed by atoms with van der Waals surface area (Å²) in [4.78, 5) is 0. The van der Waals surface area contributed by atoms with Gasteiger partial charge in [-0.2, -0.15) is 0 Å². The minimum absolute atomic E-state index is 1.04. The molecule has 2 heteroatoms. The predicted molar refractivity (Wildman–Crippen MR) is 27.5 cm³/mol. The molecule has 1 saturated heterocycles. The monoisotopic (exact) mass is 100 g/mol. The van der Waals surface area contributed by atoms with Gasteiger partial charge < -0.3 is 4.74 Å². The number of methoxy groups -OCH3 is 1. The molecule has 41 valence electrons. The topological polar surface area (TPSA) is 21.3 Å². The lowest BCUT2D eigenvalue weighted by Crippen LogP contribution is -2.13. The minimum atomic E-state index is 1.04. The van der Waals surface area contributed by atoms with Gasteiger partial charge >= 0.3 is 0 Å². The van der Waals surface area contributed by atoms with E-state index in [4.69, 9.17) is 4.74 Å². The van der Waals surface area contributed by atoms with E-state index in [0.29, 0.717) is 0 Å². The molecule has 1 N–H and O–H groups in total. The molecule has 0 saturated carbocycles. The van der Waals surface area contributed by atoms with Gasteiger partial charge in [0, 0.05) is 7.11 Å². The number of hydrogen-bond acceptors (Lipinski definition) is 2. The first-order valence-corrected chi connectivity index (χ1v) is 2.57. The Morgan fingerprint density at radius 2 is 2.57 bits per heavy atom. The Morgan fingerprint density at radius 3 is 2.86 bits per heavy atom. The van der Waals surface area contributed by atoms with Crippen LogP contribution in [0, 0.1) is 6.23 Å². The van der Waals surface area contributed by atoms with Crippen LogP contribution >= 0.6 is 0 Å². The van der Waals surface area contributed by atoms with E-state index in [-0.39, 0.29) is 0 Å². The summed E-state index contributed by atoms with van der Waals surface area (Å²) < 4.78 is 4.92. The maximum atomic E-state index is 4.92. The van der Waals surface area contributed by atoms with Crippen LogP contribution in [0.3, 0.4) is 0 Å². The lowest BCUT2D eigenvalue weighted by molar-refractivity contribution is 0.189. The zero-order chi connectivity index (χ0) is 5.11. The Hall–Kier alpha value is -0.0800. The van der Waals surface area contributed by atoms with E-state index in [9.17, 15) is 0 Å². The van der Waals surface area contributed by atoms with Crippen LogP contribution in [-0.2, 0) is 4.74 Å². The first-order chi connectivity index (χ1) is 3.43. The zero-order valence-corrected chi connectivity index (χ0v) is 4.53. The fourth-order valence-electron chi connectivity index (χ4n) is 0.739. The van der Waals surface area contributed by atoms with Crippen LogP contribution in [0.1, 0.15) is 12.8 Å². The van der Waals surface area contributed by atoms with E-state index in [0.717, 1.165) is 19.2 Å². The summed E-state index contributed by atoms with van der Waals surface area (Å²) in [5, 5.41) is 3.10. The van der Waals surface area contributed by atoms with Crippen LogP contribution in [0.15, 0.2) is 0 Å². The Morgan fingerprint density at radius 1 is 1.71 bits per heavy atom. The molecule has 0 amide bonds. The molecule has 0 aromatic rings. The third-order valence-corrected chi connectivity index (χ3v) is 1.15. The second-order valence-corrected chi connectivity index (χ2v) is 1.66. The van der Waals surface area contributed by atoms with Gasteiger partial charge in [0.2, 0.25) is 0 Å². The molecule has 1 radical (unpaired) electrons. The number of ether oxygens (including phenoxy) is 1. The molecule has 1 aliphatic heterocycles. The summed E-state index contributed by atoms with van der Waals surface area (Å²) in [5.74, 6) is 0. The predicted octanol–water partition coefficient (Wildman–Crippen LogP) is 0.506. The second kappa shape index (κ2) is 2.28. The molecule has 2 nitrogen and oxygen atoms in total.